The minimum Gasteiger partial charge on any atom is -1.00 e. The number of halogens is 2. The second-order valence-corrected chi connectivity index (χ2v) is 5.52. The van der Waals surface area contributed by atoms with Gasteiger partial charge in [-0.25, -0.2) is 11.6 Å². The fourth-order valence-corrected chi connectivity index (χ4v) is 2.41. The Hall–Kier alpha value is -0.206. The van der Waals surface area contributed by atoms with Gasteiger partial charge in [-0.1, -0.05) is 45.4 Å². The van der Waals surface area contributed by atoms with Gasteiger partial charge in [0.2, 0.25) is 0 Å². The quantitative estimate of drug-likeness (QED) is 0.347. The number of hydrogen-bond donors (Lipinski definition) is 0. The number of allylic oxidation sites excluding steroid dienone is 4. The van der Waals surface area contributed by atoms with Crippen molar-refractivity contribution >= 4 is 0 Å². The molecule has 119 valence electrons. The summed E-state index contributed by atoms with van der Waals surface area (Å²) >= 11 is 0. The van der Waals surface area contributed by atoms with Gasteiger partial charge in [0.1, 0.15) is 5.75 Å². The molecule has 0 heterocycles. The molecular formula is C18H23Cl2OTi. The molecular weight excluding hydrogens is 351 g/mol. The van der Waals surface area contributed by atoms with Crippen LogP contribution in [0.2, 0.25) is 0 Å². The molecule has 1 radical (unpaired) electrons. The molecule has 4 heteroatoms. The summed E-state index contributed by atoms with van der Waals surface area (Å²) in [5.74, 6) is 1.01. The number of rotatable bonds is 6. The molecule has 0 bridgehead atoms. The van der Waals surface area contributed by atoms with Crippen molar-refractivity contribution < 1.29 is 51.3 Å². The van der Waals surface area contributed by atoms with E-state index in [1.807, 2.05) is 6.07 Å². The van der Waals surface area contributed by atoms with E-state index in [2.05, 4.69) is 57.2 Å². The third kappa shape index (κ3) is 5.78. The van der Waals surface area contributed by atoms with Crippen LogP contribution in [0.5, 0.6) is 5.75 Å². The SMILES string of the molecule is CCCCOc1ccccc1C(C)(C)C1=[C-]CC=C1.[Cl-].[Cl-].[Ti+3]. The van der Waals surface area contributed by atoms with Gasteiger partial charge in [0, 0.05) is 5.56 Å². The van der Waals surface area contributed by atoms with Gasteiger partial charge in [-0.3, -0.25) is 6.08 Å². The van der Waals surface area contributed by atoms with E-state index in [4.69, 9.17) is 4.74 Å². The Balaban J connectivity index is 0. The molecule has 0 spiro atoms. The van der Waals surface area contributed by atoms with Crippen LogP contribution in [-0.4, -0.2) is 6.61 Å². The normalized spacial score (nSPS) is 12.6. The van der Waals surface area contributed by atoms with Crippen molar-refractivity contribution in [3.63, 3.8) is 0 Å². The average Bonchev–Trinajstić information content (AvgIpc) is 2.94. The Labute approximate surface area is 162 Å². The molecule has 2 rings (SSSR count). The Morgan fingerprint density at radius 3 is 2.45 bits per heavy atom. The second-order valence-electron chi connectivity index (χ2n) is 5.52. The third-order valence-corrected chi connectivity index (χ3v) is 3.68. The largest absolute Gasteiger partial charge is 3.00 e. The first-order chi connectivity index (χ1) is 9.16. The third-order valence-electron chi connectivity index (χ3n) is 3.68. The summed E-state index contributed by atoms with van der Waals surface area (Å²) in [6.45, 7) is 7.46. The summed E-state index contributed by atoms with van der Waals surface area (Å²) in [6, 6.07) is 8.38. The van der Waals surface area contributed by atoms with Crippen molar-refractivity contribution in [1.82, 2.24) is 0 Å². The van der Waals surface area contributed by atoms with Crippen LogP contribution >= 0.6 is 0 Å². The molecule has 0 unspecified atom stereocenters. The van der Waals surface area contributed by atoms with Gasteiger partial charge in [0.15, 0.2) is 0 Å². The Kier molecular flexibility index (Phi) is 12.4. The predicted molar refractivity (Wildman–Crippen MR) is 80.4 cm³/mol. The molecule has 1 aromatic rings. The topological polar surface area (TPSA) is 9.23 Å². The zero-order valence-electron chi connectivity index (χ0n) is 13.5. The van der Waals surface area contributed by atoms with Crippen LogP contribution in [0, 0.1) is 6.08 Å². The van der Waals surface area contributed by atoms with Crippen molar-refractivity contribution in [2.45, 2.75) is 45.4 Å². The summed E-state index contributed by atoms with van der Waals surface area (Å²) in [5, 5.41) is 0. The molecule has 0 N–H and O–H groups in total. The minimum atomic E-state index is -0.0458. The van der Waals surface area contributed by atoms with E-state index in [0.29, 0.717) is 0 Å². The van der Waals surface area contributed by atoms with Gasteiger partial charge in [0.25, 0.3) is 0 Å². The summed E-state index contributed by atoms with van der Waals surface area (Å²) in [6.07, 6.45) is 11.0. The zero-order chi connectivity index (χ0) is 13.7. The average molecular weight is 374 g/mol. The standard InChI is InChI=1S/C18H23O.2ClH.Ti/c1-4-5-14-19-17-13-9-8-12-16(17)18(2,3)15-10-6-7-11-15;;;/h6,8-10,12-13H,4-5,7,14H2,1-3H3;2*1H;/q-1;;;+3/p-2. The Morgan fingerprint density at radius 2 is 1.86 bits per heavy atom. The van der Waals surface area contributed by atoms with Crippen LogP contribution in [-0.2, 0) is 27.1 Å². The van der Waals surface area contributed by atoms with Crippen molar-refractivity contribution in [2.24, 2.45) is 0 Å². The van der Waals surface area contributed by atoms with Gasteiger partial charge < -0.3 is 29.6 Å². The number of benzene rings is 1. The first-order valence-electron chi connectivity index (χ1n) is 7.16. The summed E-state index contributed by atoms with van der Waals surface area (Å²) in [4.78, 5) is 0. The molecule has 0 saturated carbocycles. The molecule has 1 aromatic carbocycles. The van der Waals surface area contributed by atoms with E-state index in [1.54, 1.807) is 0 Å². The van der Waals surface area contributed by atoms with Crippen LogP contribution in [0.4, 0.5) is 0 Å². The van der Waals surface area contributed by atoms with Crippen LogP contribution < -0.4 is 29.6 Å². The second kappa shape index (κ2) is 11.3. The molecule has 1 nitrogen and oxygen atoms in total. The maximum Gasteiger partial charge on any atom is 3.00 e. The molecule has 0 fully saturated rings. The number of unbranched alkanes of at least 4 members (excludes halogenated alkanes) is 1. The summed E-state index contributed by atoms with van der Waals surface area (Å²) < 4.78 is 5.96. The Bertz CT molecular complexity index is 496. The van der Waals surface area contributed by atoms with E-state index in [1.165, 1.54) is 11.1 Å². The van der Waals surface area contributed by atoms with Gasteiger partial charge in [-0.2, -0.15) is 6.08 Å². The number of hydrogen-bond acceptors (Lipinski definition) is 1. The van der Waals surface area contributed by atoms with Crippen LogP contribution in [0.15, 0.2) is 42.0 Å². The molecule has 1 aliphatic carbocycles. The van der Waals surface area contributed by atoms with Crippen LogP contribution in [0.25, 0.3) is 0 Å². The molecule has 1 aliphatic rings. The van der Waals surface area contributed by atoms with E-state index in [-0.39, 0.29) is 51.9 Å². The molecule has 0 atom stereocenters. The predicted octanol–water partition coefficient (Wildman–Crippen LogP) is -1.16. The van der Waals surface area contributed by atoms with Crippen LogP contribution in [0.1, 0.15) is 45.6 Å². The van der Waals surface area contributed by atoms with Gasteiger partial charge in [-0.05, 0) is 17.9 Å². The van der Waals surface area contributed by atoms with E-state index < -0.39 is 0 Å². The van der Waals surface area contributed by atoms with E-state index in [0.717, 1.165) is 31.6 Å². The van der Waals surface area contributed by atoms with Crippen molar-refractivity contribution in [3.05, 3.63) is 53.6 Å². The van der Waals surface area contributed by atoms with Crippen molar-refractivity contribution in [1.29, 1.82) is 0 Å². The zero-order valence-corrected chi connectivity index (χ0v) is 16.5. The monoisotopic (exact) mass is 373 g/mol. The van der Waals surface area contributed by atoms with E-state index >= 15 is 0 Å². The molecule has 0 aromatic heterocycles. The maximum absolute atomic E-state index is 5.96. The number of para-hydroxylation sites is 1. The maximum atomic E-state index is 5.96. The first kappa shape index (κ1) is 24.1. The van der Waals surface area contributed by atoms with Crippen molar-refractivity contribution in [3.8, 4) is 5.75 Å². The van der Waals surface area contributed by atoms with E-state index in [9.17, 15) is 0 Å². The van der Waals surface area contributed by atoms with Gasteiger partial charge in [-0.15, -0.1) is 6.42 Å². The van der Waals surface area contributed by atoms with Gasteiger partial charge >= 0.3 is 21.7 Å². The fourth-order valence-electron chi connectivity index (χ4n) is 2.41. The van der Waals surface area contributed by atoms with Crippen LogP contribution in [0.3, 0.4) is 0 Å². The minimum absolute atomic E-state index is 0. The summed E-state index contributed by atoms with van der Waals surface area (Å²) in [7, 11) is 0. The van der Waals surface area contributed by atoms with Crippen molar-refractivity contribution in [2.75, 3.05) is 6.61 Å². The molecule has 22 heavy (non-hydrogen) atoms. The fraction of sp³-hybridized carbons (Fsp3) is 0.444. The molecule has 0 amide bonds. The smallest absolute Gasteiger partial charge is 1.00 e. The molecule has 0 saturated heterocycles. The van der Waals surface area contributed by atoms with Gasteiger partial charge in [0.05, 0.1) is 6.61 Å². The Morgan fingerprint density at radius 1 is 1.18 bits per heavy atom. The number of ether oxygens (including phenoxy) is 1. The first-order valence-corrected chi connectivity index (χ1v) is 7.16. The summed E-state index contributed by atoms with van der Waals surface area (Å²) in [5.41, 5.74) is 2.47. The molecule has 0 aliphatic heterocycles.